The van der Waals surface area contributed by atoms with Crippen LogP contribution in [0.25, 0.3) is 0 Å². The number of hydrogen-bond acceptors (Lipinski definition) is 2. The molecule has 1 aliphatic carbocycles. The van der Waals surface area contributed by atoms with Crippen LogP contribution >= 0.6 is 0 Å². The molecule has 90 valence electrons. The first-order valence-corrected chi connectivity index (χ1v) is 6.74. The van der Waals surface area contributed by atoms with Crippen LogP contribution in [-0.4, -0.2) is 20.3 Å². The van der Waals surface area contributed by atoms with Crippen molar-refractivity contribution in [3.63, 3.8) is 0 Å². The van der Waals surface area contributed by atoms with E-state index in [4.69, 9.17) is 9.31 Å². The average Bonchev–Trinajstić information content (AvgIpc) is 2.33. The van der Waals surface area contributed by atoms with Crippen molar-refractivity contribution in [1.29, 1.82) is 0 Å². The maximum atomic E-state index is 5.51. The van der Waals surface area contributed by atoms with Crippen molar-refractivity contribution in [2.45, 2.75) is 45.3 Å². The Kier molecular flexibility index (Phi) is 4.92. The first-order chi connectivity index (χ1) is 7.84. The zero-order valence-corrected chi connectivity index (χ0v) is 10.4. The van der Waals surface area contributed by atoms with E-state index in [2.05, 4.69) is 19.1 Å². The topological polar surface area (TPSA) is 18.5 Å². The highest BCUT2D eigenvalue weighted by atomic mass is 16.6. The van der Waals surface area contributed by atoms with E-state index in [-0.39, 0.29) is 7.12 Å². The van der Waals surface area contributed by atoms with E-state index in [0.717, 1.165) is 37.8 Å². The standard InChI is InChI=1S/C13H23BO2/c1-12-5-7-13(8-6-12)4-2-9-14-15-10-3-11-16-14/h2,4,12-13H,3,5-11H2,1H3/b4-2+. The van der Waals surface area contributed by atoms with Crippen molar-refractivity contribution in [2.75, 3.05) is 13.2 Å². The fourth-order valence-electron chi connectivity index (χ4n) is 2.53. The van der Waals surface area contributed by atoms with Crippen LogP contribution in [0.15, 0.2) is 12.2 Å². The van der Waals surface area contributed by atoms with Gasteiger partial charge in [-0.2, -0.15) is 0 Å². The third kappa shape index (κ3) is 3.95. The monoisotopic (exact) mass is 222 g/mol. The van der Waals surface area contributed by atoms with Crippen LogP contribution in [0.4, 0.5) is 0 Å². The Balaban J connectivity index is 1.64. The highest BCUT2D eigenvalue weighted by Gasteiger charge is 2.20. The molecule has 1 saturated carbocycles. The quantitative estimate of drug-likeness (QED) is 0.538. The van der Waals surface area contributed by atoms with Gasteiger partial charge in [-0.15, -0.1) is 0 Å². The second-order valence-electron chi connectivity index (χ2n) is 5.21. The zero-order chi connectivity index (χ0) is 11.2. The van der Waals surface area contributed by atoms with Crippen LogP contribution in [-0.2, 0) is 9.31 Å². The molecule has 3 heteroatoms. The van der Waals surface area contributed by atoms with Crippen LogP contribution in [0.1, 0.15) is 39.0 Å². The molecular weight excluding hydrogens is 199 g/mol. The van der Waals surface area contributed by atoms with E-state index in [9.17, 15) is 0 Å². The highest BCUT2D eigenvalue weighted by Crippen LogP contribution is 2.29. The molecule has 1 heterocycles. The molecule has 0 amide bonds. The van der Waals surface area contributed by atoms with Crippen molar-refractivity contribution in [1.82, 2.24) is 0 Å². The van der Waals surface area contributed by atoms with Crippen molar-refractivity contribution in [2.24, 2.45) is 11.8 Å². The van der Waals surface area contributed by atoms with Gasteiger partial charge in [-0.1, -0.05) is 31.9 Å². The van der Waals surface area contributed by atoms with Gasteiger partial charge in [0.2, 0.25) is 0 Å². The predicted molar refractivity (Wildman–Crippen MR) is 67.3 cm³/mol. The summed E-state index contributed by atoms with van der Waals surface area (Å²) in [6.45, 7) is 4.09. The van der Waals surface area contributed by atoms with E-state index < -0.39 is 0 Å². The summed E-state index contributed by atoms with van der Waals surface area (Å²) in [6, 6.07) is 0. The Morgan fingerprint density at radius 2 is 1.81 bits per heavy atom. The summed E-state index contributed by atoms with van der Waals surface area (Å²) in [7, 11) is 0.0208. The summed E-state index contributed by atoms with van der Waals surface area (Å²) in [5, 5.41) is 0. The lowest BCUT2D eigenvalue weighted by molar-refractivity contribution is 0.136. The minimum atomic E-state index is 0.0208. The predicted octanol–water partition coefficient (Wildman–Crippen LogP) is 3.29. The third-order valence-electron chi connectivity index (χ3n) is 3.69. The molecule has 0 unspecified atom stereocenters. The summed E-state index contributed by atoms with van der Waals surface area (Å²) in [5.41, 5.74) is 0. The van der Waals surface area contributed by atoms with E-state index in [1.165, 1.54) is 25.7 Å². The SMILES string of the molecule is CC1CCC(/C=C/CB2OCCCO2)CC1. The highest BCUT2D eigenvalue weighted by molar-refractivity contribution is 6.45. The van der Waals surface area contributed by atoms with Gasteiger partial charge in [0.1, 0.15) is 0 Å². The fourth-order valence-corrected chi connectivity index (χ4v) is 2.53. The van der Waals surface area contributed by atoms with Crippen LogP contribution in [0.5, 0.6) is 0 Å². The zero-order valence-electron chi connectivity index (χ0n) is 10.4. The van der Waals surface area contributed by atoms with Crippen LogP contribution in [0.2, 0.25) is 6.32 Å². The molecule has 2 aliphatic rings. The molecule has 2 nitrogen and oxygen atoms in total. The Morgan fingerprint density at radius 3 is 2.50 bits per heavy atom. The normalized spacial score (nSPS) is 32.2. The van der Waals surface area contributed by atoms with Crippen molar-refractivity contribution in [3.8, 4) is 0 Å². The molecule has 0 spiro atoms. The first-order valence-electron chi connectivity index (χ1n) is 6.74. The third-order valence-corrected chi connectivity index (χ3v) is 3.69. The molecule has 0 atom stereocenters. The number of hydrogen-bond donors (Lipinski definition) is 0. The lowest BCUT2D eigenvalue weighted by Crippen LogP contribution is -2.28. The van der Waals surface area contributed by atoms with E-state index in [1.54, 1.807) is 0 Å². The molecule has 0 N–H and O–H groups in total. The Morgan fingerprint density at radius 1 is 1.12 bits per heavy atom. The summed E-state index contributed by atoms with van der Waals surface area (Å²) < 4.78 is 11.0. The van der Waals surface area contributed by atoms with E-state index in [1.807, 2.05) is 0 Å². The van der Waals surface area contributed by atoms with Crippen molar-refractivity contribution < 1.29 is 9.31 Å². The lowest BCUT2D eigenvalue weighted by Gasteiger charge is -2.24. The van der Waals surface area contributed by atoms with Gasteiger partial charge >= 0.3 is 7.12 Å². The minimum Gasteiger partial charge on any atom is -0.411 e. The van der Waals surface area contributed by atoms with Crippen LogP contribution in [0.3, 0.4) is 0 Å². The Labute approximate surface area is 99.5 Å². The van der Waals surface area contributed by atoms with Gasteiger partial charge in [-0.25, -0.2) is 0 Å². The summed E-state index contributed by atoms with van der Waals surface area (Å²) in [4.78, 5) is 0. The molecule has 0 aromatic rings. The van der Waals surface area contributed by atoms with Gasteiger partial charge in [0.25, 0.3) is 0 Å². The molecule has 1 saturated heterocycles. The van der Waals surface area contributed by atoms with E-state index >= 15 is 0 Å². The van der Waals surface area contributed by atoms with Crippen LogP contribution in [0, 0.1) is 11.8 Å². The van der Waals surface area contributed by atoms with Crippen molar-refractivity contribution >= 4 is 7.12 Å². The number of allylic oxidation sites excluding steroid dienone is 2. The second-order valence-corrected chi connectivity index (χ2v) is 5.21. The molecule has 16 heavy (non-hydrogen) atoms. The molecule has 0 radical (unpaired) electrons. The van der Waals surface area contributed by atoms with Crippen LogP contribution < -0.4 is 0 Å². The van der Waals surface area contributed by atoms with Gasteiger partial charge < -0.3 is 9.31 Å². The van der Waals surface area contributed by atoms with E-state index in [0.29, 0.717) is 0 Å². The minimum absolute atomic E-state index is 0.0208. The smallest absolute Gasteiger partial charge is 0.411 e. The van der Waals surface area contributed by atoms with Gasteiger partial charge in [0, 0.05) is 19.5 Å². The second kappa shape index (κ2) is 6.46. The average molecular weight is 222 g/mol. The Bertz CT molecular complexity index is 216. The molecular formula is C13H23BO2. The maximum Gasteiger partial charge on any atom is 0.460 e. The first kappa shape index (κ1) is 12.2. The van der Waals surface area contributed by atoms with Gasteiger partial charge in [0.15, 0.2) is 0 Å². The lowest BCUT2D eigenvalue weighted by atomic mass is 9.80. The summed E-state index contributed by atoms with van der Waals surface area (Å²) in [6.07, 6.45) is 12.1. The number of rotatable bonds is 3. The molecule has 2 fully saturated rings. The van der Waals surface area contributed by atoms with Gasteiger partial charge in [0.05, 0.1) is 0 Å². The molecule has 0 bridgehead atoms. The van der Waals surface area contributed by atoms with Gasteiger partial charge in [-0.3, -0.25) is 0 Å². The largest absolute Gasteiger partial charge is 0.460 e. The fraction of sp³-hybridized carbons (Fsp3) is 0.846. The summed E-state index contributed by atoms with van der Waals surface area (Å²) in [5.74, 6) is 1.74. The molecule has 0 aromatic carbocycles. The van der Waals surface area contributed by atoms with Crippen molar-refractivity contribution in [3.05, 3.63) is 12.2 Å². The Hall–Kier alpha value is -0.275. The molecule has 1 aliphatic heterocycles. The summed E-state index contributed by atoms with van der Waals surface area (Å²) >= 11 is 0. The molecule has 2 rings (SSSR count). The molecule has 0 aromatic heterocycles. The van der Waals surface area contributed by atoms with Gasteiger partial charge in [-0.05, 0) is 31.1 Å². The maximum absolute atomic E-state index is 5.51.